The lowest BCUT2D eigenvalue weighted by Gasteiger charge is -2.25. The molecular formula is C29H24F3N3O3. The van der Waals surface area contributed by atoms with Crippen molar-refractivity contribution < 1.29 is 27.8 Å². The Balaban J connectivity index is 1.44. The van der Waals surface area contributed by atoms with E-state index >= 15 is 4.39 Å². The van der Waals surface area contributed by atoms with Crippen LogP contribution in [0.15, 0.2) is 67.0 Å². The van der Waals surface area contributed by atoms with Crippen molar-refractivity contribution in [3.05, 3.63) is 101 Å². The smallest absolute Gasteiger partial charge is 0.303 e. The topological polar surface area (TPSA) is 91.0 Å². The molecule has 0 radical (unpaired) electrons. The van der Waals surface area contributed by atoms with Crippen molar-refractivity contribution in [2.75, 3.05) is 0 Å². The summed E-state index contributed by atoms with van der Waals surface area (Å²) >= 11 is 0. The number of rotatable bonds is 8. The Morgan fingerprint density at radius 1 is 1.05 bits per heavy atom. The zero-order chi connectivity index (χ0) is 27.0. The molecular weight excluding hydrogens is 495 g/mol. The average molecular weight is 520 g/mol. The van der Waals surface area contributed by atoms with E-state index in [-0.39, 0.29) is 35.7 Å². The Morgan fingerprint density at radius 2 is 1.87 bits per heavy atom. The monoisotopic (exact) mass is 519 g/mol. The first-order valence-corrected chi connectivity index (χ1v) is 11.9. The highest BCUT2D eigenvalue weighted by Gasteiger charge is 2.30. The predicted molar refractivity (Wildman–Crippen MR) is 137 cm³/mol. The van der Waals surface area contributed by atoms with E-state index in [9.17, 15) is 13.6 Å². The number of fused-ring (bicyclic) bond motifs is 1. The van der Waals surface area contributed by atoms with Crippen LogP contribution in [0.25, 0.3) is 22.3 Å². The minimum Gasteiger partial charge on any atom is -0.481 e. The lowest BCUT2D eigenvalue weighted by molar-refractivity contribution is -0.136. The molecule has 0 saturated heterocycles. The van der Waals surface area contributed by atoms with Crippen LogP contribution < -0.4 is 4.74 Å². The first-order chi connectivity index (χ1) is 18.1. The number of imidazole rings is 1. The van der Waals surface area contributed by atoms with Crippen LogP contribution >= 0.6 is 0 Å². The van der Waals surface area contributed by atoms with Gasteiger partial charge in [-0.25, -0.2) is 18.2 Å². The molecule has 3 aromatic carbocycles. The highest BCUT2D eigenvalue weighted by Crippen LogP contribution is 2.36. The summed E-state index contributed by atoms with van der Waals surface area (Å²) in [4.78, 5) is 21.3. The van der Waals surface area contributed by atoms with Gasteiger partial charge in [0.1, 0.15) is 23.2 Å². The fourth-order valence-electron chi connectivity index (χ4n) is 4.45. The number of H-pyrrole nitrogens is 2. The first kappa shape index (κ1) is 25.1. The maximum absolute atomic E-state index is 15.3. The zero-order valence-corrected chi connectivity index (χ0v) is 20.6. The lowest BCUT2D eigenvalue weighted by atomic mass is 9.80. The number of aryl methyl sites for hydroxylation is 1. The van der Waals surface area contributed by atoms with Gasteiger partial charge in [-0.1, -0.05) is 32.0 Å². The number of ether oxygens (including phenoxy) is 1. The van der Waals surface area contributed by atoms with E-state index in [1.807, 2.05) is 0 Å². The molecule has 3 N–H and O–H groups in total. The molecule has 0 aliphatic heterocycles. The van der Waals surface area contributed by atoms with Gasteiger partial charge in [0.15, 0.2) is 11.6 Å². The van der Waals surface area contributed by atoms with E-state index in [0.717, 1.165) is 0 Å². The summed E-state index contributed by atoms with van der Waals surface area (Å²) in [5, 5.41) is 9.34. The summed E-state index contributed by atoms with van der Waals surface area (Å²) in [6.07, 6.45) is 3.01. The average Bonchev–Trinajstić information content (AvgIpc) is 3.57. The van der Waals surface area contributed by atoms with Crippen LogP contribution in [-0.2, 0) is 16.6 Å². The second-order valence-electron chi connectivity index (χ2n) is 9.50. The molecule has 0 aliphatic carbocycles. The van der Waals surface area contributed by atoms with E-state index in [1.54, 1.807) is 50.4 Å². The molecule has 0 atom stereocenters. The van der Waals surface area contributed by atoms with Gasteiger partial charge < -0.3 is 19.8 Å². The summed E-state index contributed by atoms with van der Waals surface area (Å²) in [6.45, 7) is 3.58. The number of aromatic amines is 2. The molecule has 38 heavy (non-hydrogen) atoms. The van der Waals surface area contributed by atoms with Crippen molar-refractivity contribution in [1.29, 1.82) is 0 Å². The number of carbonyl (C=O) groups is 1. The van der Waals surface area contributed by atoms with Gasteiger partial charge in [0.05, 0.1) is 5.56 Å². The number of nitrogens with one attached hydrogen (secondary N) is 2. The number of carboxylic acid groups (broad SMARTS) is 1. The Kier molecular flexibility index (Phi) is 6.44. The van der Waals surface area contributed by atoms with Gasteiger partial charge in [-0.2, -0.15) is 0 Å². The maximum atomic E-state index is 15.3. The molecule has 0 saturated carbocycles. The second kappa shape index (κ2) is 9.74. The molecule has 0 unspecified atom stereocenters. The third-order valence-corrected chi connectivity index (χ3v) is 6.66. The van der Waals surface area contributed by atoms with E-state index < -0.39 is 28.8 Å². The minimum absolute atomic E-state index is 0.00539. The predicted octanol–water partition coefficient (Wildman–Crippen LogP) is 7.11. The summed E-state index contributed by atoms with van der Waals surface area (Å²) in [7, 11) is 0. The molecule has 6 nitrogen and oxygen atoms in total. The molecule has 0 bridgehead atoms. The molecule has 194 valence electrons. The third kappa shape index (κ3) is 4.63. The lowest BCUT2D eigenvalue weighted by Crippen LogP contribution is -2.22. The van der Waals surface area contributed by atoms with Crippen LogP contribution in [0.2, 0.25) is 0 Å². The quantitative estimate of drug-likeness (QED) is 0.204. The van der Waals surface area contributed by atoms with E-state index in [1.165, 1.54) is 30.5 Å². The fourth-order valence-corrected chi connectivity index (χ4v) is 4.45. The van der Waals surface area contributed by atoms with Gasteiger partial charge in [0.2, 0.25) is 0 Å². The highest BCUT2D eigenvalue weighted by molar-refractivity contribution is 5.81. The van der Waals surface area contributed by atoms with Gasteiger partial charge in [-0.15, -0.1) is 0 Å². The summed E-state index contributed by atoms with van der Waals surface area (Å²) in [5.74, 6) is -2.20. The molecule has 5 aromatic rings. The molecule has 0 amide bonds. The van der Waals surface area contributed by atoms with Crippen LogP contribution in [0.1, 0.15) is 37.1 Å². The van der Waals surface area contributed by atoms with Crippen molar-refractivity contribution >= 4 is 16.9 Å². The largest absolute Gasteiger partial charge is 0.481 e. The van der Waals surface area contributed by atoms with Crippen molar-refractivity contribution in [3.63, 3.8) is 0 Å². The highest BCUT2D eigenvalue weighted by atomic mass is 19.1. The Bertz CT molecular complexity index is 1660. The number of hydrogen-bond acceptors (Lipinski definition) is 3. The van der Waals surface area contributed by atoms with Crippen LogP contribution in [0, 0.1) is 17.5 Å². The van der Waals surface area contributed by atoms with Crippen LogP contribution in [0.5, 0.6) is 11.5 Å². The molecule has 9 heteroatoms. The molecule has 0 fully saturated rings. The molecule has 0 spiro atoms. The number of aliphatic carboxylic acids is 1. The van der Waals surface area contributed by atoms with Crippen molar-refractivity contribution in [2.45, 2.75) is 32.1 Å². The van der Waals surface area contributed by atoms with Gasteiger partial charge in [-0.05, 0) is 53.9 Å². The van der Waals surface area contributed by atoms with E-state index in [2.05, 4.69) is 15.0 Å². The Hall–Kier alpha value is -4.53. The second-order valence-corrected chi connectivity index (χ2v) is 9.50. The standard InChI is InChI=1S/C29H24F3N3O3/c1-29(2,20-5-3-4-16(26(20)31)6-11-25(36)37)24-15-34-28(35-24)19-14-17(7-8-21(19)30)38-23-10-9-22-18(27(23)32)12-13-33-22/h3-5,7-10,12-15,33H,6,11H2,1-2H3,(H,34,35)(H,36,37). The minimum atomic E-state index is -1.01. The van der Waals surface area contributed by atoms with Crippen molar-refractivity contribution in [1.82, 2.24) is 15.0 Å². The van der Waals surface area contributed by atoms with Gasteiger partial charge in [0.25, 0.3) is 0 Å². The van der Waals surface area contributed by atoms with Gasteiger partial charge in [-0.3, -0.25) is 4.79 Å². The first-order valence-electron chi connectivity index (χ1n) is 11.9. The molecule has 0 aliphatic rings. The third-order valence-electron chi connectivity index (χ3n) is 6.66. The Labute approximate surface area is 216 Å². The number of carboxylic acids is 1. The molecule has 2 heterocycles. The fraction of sp³-hybridized carbons (Fsp3) is 0.172. The maximum Gasteiger partial charge on any atom is 0.303 e. The number of halogens is 3. The normalized spacial score (nSPS) is 11.7. The number of benzene rings is 3. The van der Waals surface area contributed by atoms with Crippen molar-refractivity contribution in [3.8, 4) is 22.9 Å². The van der Waals surface area contributed by atoms with Gasteiger partial charge in [0, 0.05) is 40.8 Å². The Morgan fingerprint density at radius 3 is 2.66 bits per heavy atom. The van der Waals surface area contributed by atoms with E-state index in [0.29, 0.717) is 27.7 Å². The van der Waals surface area contributed by atoms with Crippen LogP contribution in [0.4, 0.5) is 13.2 Å². The number of aromatic nitrogens is 3. The molecule has 5 rings (SSSR count). The van der Waals surface area contributed by atoms with Crippen LogP contribution in [-0.4, -0.2) is 26.0 Å². The summed E-state index contributed by atoms with van der Waals surface area (Å²) in [5.41, 5.74) is 1.01. The molecule has 2 aromatic heterocycles. The van der Waals surface area contributed by atoms with E-state index in [4.69, 9.17) is 9.84 Å². The van der Waals surface area contributed by atoms with Crippen LogP contribution in [0.3, 0.4) is 0 Å². The van der Waals surface area contributed by atoms with Crippen molar-refractivity contribution in [2.24, 2.45) is 0 Å². The number of hydrogen-bond donors (Lipinski definition) is 3. The summed E-state index contributed by atoms with van der Waals surface area (Å²) < 4.78 is 50.7. The SMILES string of the molecule is CC(C)(c1cnc(-c2cc(Oc3ccc4[nH]ccc4c3F)ccc2F)[nH]1)c1cccc(CCC(=O)O)c1F. The number of nitrogens with zero attached hydrogens (tertiary/aromatic N) is 1. The van der Waals surface area contributed by atoms with Gasteiger partial charge >= 0.3 is 5.97 Å². The summed E-state index contributed by atoms with van der Waals surface area (Å²) in [6, 6.07) is 13.7. The zero-order valence-electron chi connectivity index (χ0n) is 20.6.